The Morgan fingerprint density at radius 1 is 1.41 bits per heavy atom. The zero-order valence-electron chi connectivity index (χ0n) is 11.1. The number of nitrogens with one attached hydrogen (secondary N) is 1. The summed E-state index contributed by atoms with van der Waals surface area (Å²) in [4.78, 5) is 2.19. The van der Waals surface area contributed by atoms with Crippen molar-refractivity contribution in [3.05, 3.63) is 24.2 Å². The minimum absolute atomic E-state index is 0.325. The molecule has 0 saturated heterocycles. The molecule has 1 N–H and O–H groups in total. The van der Waals surface area contributed by atoms with Crippen LogP contribution in [0, 0.1) is 0 Å². The van der Waals surface area contributed by atoms with Crippen LogP contribution in [-0.4, -0.2) is 44.1 Å². The Labute approximate surface area is 109 Å². The molecular weight excluding hydrogens is 232 g/mol. The van der Waals surface area contributed by atoms with Crippen LogP contribution in [0.2, 0.25) is 0 Å². The number of hydrogen-bond donors (Lipinski definition) is 1. The van der Waals surface area contributed by atoms with Crippen LogP contribution in [0.15, 0.2) is 22.8 Å². The molecular formula is C13H24N2OS. The Balaban J connectivity index is 2.22. The lowest BCUT2D eigenvalue weighted by Gasteiger charge is -2.22. The Kier molecular flexibility index (Phi) is 7.40. The molecule has 0 fully saturated rings. The summed E-state index contributed by atoms with van der Waals surface area (Å²) in [6.07, 6.45) is 6.44. The summed E-state index contributed by atoms with van der Waals surface area (Å²) in [5, 5.41) is 3.50. The fourth-order valence-corrected chi connectivity index (χ4v) is 2.25. The lowest BCUT2D eigenvalue weighted by atomic mass is 10.2. The molecule has 1 atom stereocenters. The summed E-state index contributed by atoms with van der Waals surface area (Å²) in [6, 6.07) is 4.32. The van der Waals surface area contributed by atoms with Crippen LogP contribution < -0.4 is 5.32 Å². The summed E-state index contributed by atoms with van der Waals surface area (Å²) in [5.74, 6) is 2.29. The van der Waals surface area contributed by atoms with Gasteiger partial charge in [-0.15, -0.1) is 0 Å². The minimum atomic E-state index is 0.325. The number of likely N-dealkylation sites (N-methyl/N-ethyl adjacent to an activating group) is 1. The van der Waals surface area contributed by atoms with Crippen LogP contribution in [-0.2, 0) is 0 Å². The molecule has 3 nitrogen and oxygen atoms in total. The minimum Gasteiger partial charge on any atom is -0.468 e. The molecule has 0 aliphatic heterocycles. The lowest BCUT2D eigenvalue weighted by Crippen LogP contribution is -2.31. The van der Waals surface area contributed by atoms with E-state index in [1.54, 1.807) is 6.26 Å². The summed E-state index contributed by atoms with van der Waals surface area (Å²) in [5.41, 5.74) is 0. The average molecular weight is 256 g/mol. The van der Waals surface area contributed by atoms with Crippen molar-refractivity contribution in [3.63, 3.8) is 0 Å². The molecule has 4 heteroatoms. The van der Waals surface area contributed by atoms with E-state index in [0.29, 0.717) is 6.04 Å². The molecule has 0 aliphatic rings. The van der Waals surface area contributed by atoms with Gasteiger partial charge in [0.15, 0.2) is 0 Å². The summed E-state index contributed by atoms with van der Waals surface area (Å²) < 4.78 is 5.47. The first-order valence-corrected chi connectivity index (χ1v) is 7.54. The molecule has 0 aliphatic carbocycles. The van der Waals surface area contributed by atoms with E-state index in [4.69, 9.17) is 4.42 Å². The van der Waals surface area contributed by atoms with Crippen LogP contribution in [0.25, 0.3) is 0 Å². The molecule has 0 bridgehead atoms. The maximum Gasteiger partial charge on any atom is 0.122 e. The summed E-state index contributed by atoms with van der Waals surface area (Å²) >= 11 is 1.92. The molecule has 0 spiro atoms. The first kappa shape index (κ1) is 14.6. The number of furan rings is 1. The van der Waals surface area contributed by atoms with Crippen molar-refractivity contribution in [1.82, 2.24) is 10.2 Å². The highest BCUT2D eigenvalue weighted by Crippen LogP contribution is 2.17. The van der Waals surface area contributed by atoms with E-state index in [9.17, 15) is 0 Å². The van der Waals surface area contributed by atoms with Gasteiger partial charge in [-0.25, -0.2) is 0 Å². The van der Waals surface area contributed by atoms with E-state index in [1.165, 1.54) is 18.6 Å². The quantitative estimate of drug-likeness (QED) is 0.688. The number of rotatable bonds is 9. The maximum absolute atomic E-state index is 5.47. The largest absolute Gasteiger partial charge is 0.468 e. The third-order valence-corrected chi connectivity index (χ3v) is 3.48. The second kappa shape index (κ2) is 8.61. The molecule has 0 saturated carbocycles. The van der Waals surface area contributed by atoms with Crippen molar-refractivity contribution in [2.75, 3.05) is 39.2 Å². The molecule has 1 heterocycles. The molecule has 0 radical (unpaired) electrons. The number of thioether (sulfide) groups is 1. The van der Waals surface area contributed by atoms with Gasteiger partial charge in [0, 0.05) is 6.54 Å². The van der Waals surface area contributed by atoms with Gasteiger partial charge >= 0.3 is 0 Å². The second-order valence-corrected chi connectivity index (χ2v) is 5.38. The molecule has 1 rings (SSSR count). The Morgan fingerprint density at radius 2 is 2.24 bits per heavy atom. The van der Waals surface area contributed by atoms with Crippen LogP contribution >= 0.6 is 11.8 Å². The predicted molar refractivity (Wildman–Crippen MR) is 75.6 cm³/mol. The average Bonchev–Trinajstić information content (AvgIpc) is 2.81. The van der Waals surface area contributed by atoms with E-state index in [-0.39, 0.29) is 0 Å². The first-order chi connectivity index (χ1) is 8.25. The third kappa shape index (κ3) is 5.61. The highest BCUT2D eigenvalue weighted by molar-refractivity contribution is 7.98. The van der Waals surface area contributed by atoms with Gasteiger partial charge in [0.2, 0.25) is 0 Å². The zero-order valence-corrected chi connectivity index (χ0v) is 11.9. The van der Waals surface area contributed by atoms with Crippen molar-refractivity contribution in [2.45, 2.75) is 18.9 Å². The van der Waals surface area contributed by atoms with E-state index >= 15 is 0 Å². The van der Waals surface area contributed by atoms with Crippen LogP contribution in [0.1, 0.15) is 24.6 Å². The summed E-state index contributed by atoms with van der Waals surface area (Å²) in [6.45, 7) is 2.03. The third-order valence-electron chi connectivity index (χ3n) is 2.78. The number of nitrogens with zero attached hydrogens (tertiary/aromatic N) is 1. The van der Waals surface area contributed by atoms with Crippen LogP contribution in [0.5, 0.6) is 0 Å². The van der Waals surface area contributed by atoms with E-state index in [0.717, 1.165) is 18.8 Å². The van der Waals surface area contributed by atoms with E-state index in [1.807, 2.05) is 23.9 Å². The molecule has 1 aromatic heterocycles. The molecule has 0 amide bonds. The van der Waals surface area contributed by atoms with Gasteiger partial charge in [0.25, 0.3) is 0 Å². The normalized spacial score (nSPS) is 13.2. The molecule has 98 valence electrons. The van der Waals surface area contributed by atoms with Crippen molar-refractivity contribution < 1.29 is 4.42 Å². The van der Waals surface area contributed by atoms with Crippen molar-refractivity contribution >= 4 is 11.8 Å². The van der Waals surface area contributed by atoms with E-state index in [2.05, 4.69) is 30.6 Å². The first-order valence-electron chi connectivity index (χ1n) is 6.15. The van der Waals surface area contributed by atoms with Crippen molar-refractivity contribution in [3.8, 4) is 0 Å². The molecule has 1 unspecified atom stereocenters. The van der Waals surface area contributed by atoms with Crippen molar-refractivity contribution in [1.29, 1.82) is 0 Å². The Hall–Kier alpha value is -0.450. The van der Waals surface area contributed by atoms with Gasteiger partial charge in [-0.3, -0.25) is 4.90 Å². The SMILES string of the molecule is CSCCCCNCC(c1ccco1)N(C)C. The fraction of sp³-hybridized carbons (Fsp3) is 0.692. The van der Waals surface area contributed by atoms with Gasteiger partial charge < -0.3 is 9.73 Å². The van der Waals surface area contributed by atoms with Crippen molar-refractivity contribution in [2.24, 2.45) is 0 Å². The Morgan fingerprint density at radius 3 is 2.82 bits per heavy atom. The molecule has 17 heavy (non-hydrogen) atoms. The Bertz CT molecular complexity index is 275. The van der Waals surface area contributed by atoms with Crippen LogP contribution in [0.4, 0.5) is 0 Å². The number of hydrogen-bond acceptors (Lipinski definition) is 4. The molecule has 1 aromatic rings. The maximum atomic E-state index is 5.47. The fourth-order valence-electron chi connectivity index (χ4n) is 1.75. The summed E-state index contributed by atoms with van der Waals surface area (Å²) in [7, 11) is 4.17. The standard InChI is InChI=1S/C13H24N2OS/c1-15(2)12(13-7-6-9-16-13)11-14-8-4-5-10-17-3/h6-7,9,12,14H,4-5,8,10-11H2,1-3H3. The van der Waals surface area contributed by atoms with Gasteiger partial charge in [-0.2, -0.15) is 11.8 Å². The smallest absolute Gasteiger partial charge is 0.122 e. The van der Waals surface area contributed by atoms with Gasteiger partial charge in [-0.05, 0) is 57.6 Å². The highest BCUT2D eigenvalue weighted by Gasteiger charge is 2.15. The van der Waals surface area contributed by atoms with Crippen LogP contribution in [0.3, 0.4) is 0 Å². The van der Waals surface area contributed by atoms with Gasteiger partial charge in [0.1, 0.15) is 5.76 Å². The predicted octanol–water partition coefficient (Wildman–Crippen LogP) is 2.62. The highest BCUT2D eigenvalue weighted by atomic mass is 32.2. The van der Waals surface area contributed by atoms with Gasteiger partial charge in [0.05, 0.1) is 12.3 Å². The zero-order chi connectivity index (χ0) is 12.5. The van der Waals surface area contributed by atoms with E-state index < -0.39 is 0 Å². The lowest BCUT2D eigenvalue weighted by molar-refractivity contribution is 0.250. The monoisotopic (exact) mass is 256 g/mol. The second-order valence-electron chi connectivity index (χ2n) is 4.40. The molecule has 0 aromatic carbocycles. The van der Waals surface area contributed by atoms with Gasteiger partial charge in [-0.1, -0.05) is 0 Å². The number of unbranched alkanes of at least 4 members (excludes halogenated alkanes) is 1. The topological polar surface area (TPSA) is 28.4 Å².